The molecule has 0 unspecified atom stereocenters. The summed E-state index contributed by atoms with van der Waals surface area (Å²) in [6.07, 6.45) is 3.73. The average molecular weight is 290 g/mol. The number of aryl methyl sites for hydroxylation is 1. The maximum absolute atomic E-state index is 11.7. The molecule has 1 aromatic carbocycles. The van der Waals surface area contributed by atoms with Crippen LogP contribution in [0.2, 0.25) is 0 Å². The van der Waals surface area contributed by atoms with Gasteiger partial charge >= 0.3 is 0 Å². The maximum Gasteiger partial charge on any atom is 0.220 e. The van der Waals surface area contributed by atoms with Crippen LogP contribution >= 0.6 is 11.3 Å². The zero-order valence-electron chi connectivity index (χ0n) is 11.5. The van der Waals surface area contributed by atoms with E-state index in [0.29, 0.717) is 19.4 Å². The van der Waals surface area contributed by atoms with Crippen LogP contribution in [0.25, 0.3) is 0 Å². The van der Waals surface area contributed by atoms with Gasteiger partial charge in [0, 0.05) is 31.0 Å². The normalized spacial score (nSPS) is 10.2. The fourth-order valence-corrected chi connectivity index (χ4v) is 2.55. The maximum atomic E-state index is 11.7. The summed E-state index contributed by atoms with van der Waals surface area (Å²) in [5.41, 5.74) is 1.11. The van der Waals surface area contributed by atoms with Crippen molar-refractivity contribution in [1.29, 1.82) is 0 Å². The van der Waals surface area contributed by atoms with Crippen LogP contribution in [0.3, 0.4) is 0 Å². The Morgan fingerprint density at radius 2 is 2.20 bits per heavy atom. The second-order valence-corrected chi connectivity index (χ2v) is 5.32. The number of nitrogens with zero attached hydrogens (tertiary/aromatic N) is 1. The lowest BCUT2D eigenvalue weighted by Gasteiger charge is -2.08. The Morgan fingerprint density at radius 3 is 2.95 bits per heavy atom. The molecule has 2 rings (SSSR count). The van der Waals surface area contributed by atoms with Crippen molar-refractivity contribution in [3.05, 3.63) is 46.4 Å². The zero-order chi connectivity index (χ0) is 14.2. The Kier molecular flexibility index (Phi) is 5.55. The topological polar surface area (TPSA) is 51.2 Å². The number of aromatic nitrogens is 1. The number of nitrogens with one attached hydrogen (secondary N) is 1. The molecule has 106 valence electrons. The average Bonchev–Trinajstić information content (AvgIpc) is 2.99. The molecule has 2 aromatic rings. The molecule has 1 amide bonds. The summed E-state index contributed by atoms with van der Waals surface area (Å²) >= 11 is 1.58. The van der Waals surface area contributed by atoms with Gasteiger partial charge in [0.25, 0.3) is 0 Å². The second-order valence-electron chi connectivity index (χ2n) is 4.34. The Morgan fingerprint density at radius 1 is 1.35 bits per heavy atom. The number of ether oxygens (including phenoxy) is 1. The number of carbonyl (C=O) groups is 1. The minimum absolute atomic E-state index is 0.0649. The van der Waals surface area contributed by atoms with Crippen LogP contribution in [0.1, 0.15) is 17.0 Å². The first-order valence-corrected chi connectivity index (χ1v) is 7.44. The fraction of sp³-hybridized carbons (Fsp3) is 0.333. The van der Waals surface area contributed by atoms with Gasteiger partial charge in [-0.2, -0.15) is 0 Å². The summed E-state index contributed by atoms with van der Waals surface area (Å²) in [6, 6.07) is 7.86. The molecule has 0 saturated carbocycles. The van der Waals surface area contributed by atoms with Gasteiger partial charge in [-0.3, -0.25) is 4.79 Å². The van der Waals surface area contributed by atoms with E-state index >= 15 is 0 Å². The highest BCUT2D eigenvalue weighted by molar-refractivity contribution is 7.09. The number of para-hydroxylation sites is 1. The third kappa shape index (κ3) is 4.35. The van der Waals surface area contributed by atoms with Gasteiger partial charge in [0.15, 0.2) is 0 Å². The van der Waals surface area contributed by atoms with Crippen LogP contribution < -0.4 is 10.1 Å². The first kappa shape index (κ1) is 14.5. The number of methoxy groups -OCH3 is 1. The summed E-state index contributed by atoms with van der Waals surface area (Å²) in [6.45, 7) is 0.622. The summed E-state index contributed by atoms with van der Waals surface area (Å²) in [7, 11) is 1.66. The molecule has 0 aliphatic heterocycles. The number of hydrogen-bond donors (Lipinski definition) is 1. The molecule has 1 heterocycles. The lowest BCUT2D eigenvalue weighted by molar-refractivity contribution is -0.121. The third-order valence-corrected chi connectivity index (χ3v) is 3.80. The Hall–Kier alpha value is -1.88. The van der Waals surface area contributed by atoms with Gasteiger partial charge in [-0.25, -0.2) is 4.98 Å². The molecule has 0 radical (unpaired) electrons. The SMILES string of the molecule is COc1ccccc1CCNC(=O)CCc1nccs1. The second kappa shape index (κ2) is 7.65. The number of benzene rings is 1. The van der Waals surface area contributed by atoms with E-state index in [1.165, 1.54) is 0 Å². The van der Waals surface area contributed by atoms with E-state index in [4.69, 9.17) is 4.74 Å². The summed E-state index contributed by atoms with van der Waals surface area (Å²) in [5, 5.41) is 5.86. The number of rotatable bonds is 7. The molecule has 0 bridgehead atoms. The molecule has 0 saturated heterocycles. The number of amides is 1. The van der Waals surface area contributed by atoms with E-state index < -0.39 is 0 Å². The van der Waals surface area contributed by atoms with Crippen molar-refractivity contribution < 1.29 is 9.53 Å². The Balaban J connectivity index is 1.71. The molecule has 0 spiro atoms. The number of hydrogen-bond acceptors (Lipinski definition) is 4. The van der Waals surface area contributed by atoms with Crippen LogP contribution in [-0.4, -0.2) is 24.5 Å². The summed E-state index contributed by atoms with van der Waals surface area (Å²) < 4.78 is 5.28. The minimum Gasteiger partial charge on any atom is -0.496 e. The van der Waals surface area contributed by atoms with E-state index in [1.54, 1.807) is 24.6 Å². The minimum atomic E-state index is 0.0649. The van der Waals surface area contributed by atoms with Gasteiger partial charge in [0.1, 0.15) is 5.75 Å². The van der Waals surface area contributed by atoms with Crippen LogP contribution in [0, 0.1) is 0 Å². The van der Waals surface area contributed by atoms with Gasteiger partial charge in [0.05, 0.1) is 12.1 Å². The van der Waals surface area contributed by atoms with Crippen molar-refractivity contribution in [1.82, 2.24) is 10.3 Å². The largest absolute Gasteiger partial charge is 0.496 e. The molecule has 0 aliphatic carbocycles. The first-order valence-electron chi connectivity index (χ1n) is 6.56. The molecule has 20 heavy (non-hydrogen) atoms. The molecule has 1 N–H and O–H groups in total. The zero-order valence-corrected chi connectivity index (χ0v) is 12.3. The predicted molar refractivity (Wildman–Crippen MR) is 80.1 cm³/mol. The standard InChI is InChI=1S/C15H18N2O2S/c1-19-13-5-3-2-4-12(13)8-9-16-14(18)6-7-15-17-10-11-20-15/h2-5,10-11H,6-9H2,1H3,(H,16,18). The van der Waals surface area contributed by atoms with E-state index in [1.807, 2.05) is 29.6 Å². The number of carbonyl (C=O) groups excluding carboxylic acids is 1. The lowest BCUT2D eigenvalue weighted by Crippen LogP contribution is -2.25. The molecular weight excluding hydrogens is 272 g/mol. The van der Waals surface area contributed by atoms with Crippen molar-refractivity contribution in [2.24, 2.45) is 0 Å². The lowest BCUT2D eigenvalue weighted by atomic mass is 10.1. The third-order valence-electron chi connectivity index (χ3n) is 2.96. The molecule has 0 aliphatic rings. The van der Waals surface area contributed by atoms with E-state index in [9.17, 15) is 4.79 Å². The highest BCUT2D eigenvalue weighted by Crippen LogP contribution is 2.17. The van der Waals surface area contributed by atoms with Gasteiger partial charge in [-0.05, 0) is 18.1 Å². The molecule has 1 aromatic heterocycles. The highest BCUT2D eigenvalue weighted by Gasteiger charge is 2.05. The Bertz CT molecular complexity index is 541. The van der Waals surface area contributed by atoms with Crippen molar-refractivity contribution in [2.75, 3.05) is 13.7 Å². The molecule has 4 nitrogen and oxygen atoms in total. The van der Waals surface area contributed by atoms with Crippen LogP contribution in [0.4, 0.5) is 0 Å². The molecule has 0 fully saturated rings. The van der Waals surface area contributed by atoms with Gasteiger partial charge < -0.3 is 10.1 Å². The van der Waals surface area contributed by atoms with Crippen LogP contribution in [0.5, 0.6) is 5.75 Å². The smallest absolute Gasteiger partial charge is 0.220 e. The van der Waals surface area contributed by atoms with E-state index in [-0.39, 0.29) is 5.91 Å². The molecular formula is C15H18N2O2S. The van der Waals surface area contributed by atoms with Crippen molar-refractivity contribution in [3.8, 4) is 5.75 Å². The van der Waals surface area contributed by atoms with Crippen molar-refractivity contribution in [2.45, 2.75) is 19.3 Å². The molecule has 5 heteroatoms. The fourth-order valence-electron chi connectivity index (χ4n) is 1.93. The quantitative estimate of drug-likeness (QED) is 0.852. The predicted octanol–water partition coefficient (Wildman–Crippen LogP) is 2.44. The van der Waals surface area contributed by atoms with Gasteiger partial charge in [-0.15, -0.1) is 11.3 Å². The monoisotopic (exact) mass is 290 g/mol. The van der Waals surface area contributed by atoms with Crippen LogP contribution in [-0.2, 0) is 17.6 Å². The van der Waals surface area contributed by atoms with Crippen molar-refractivity contribution >= 4 is 17.2 Å². The molecule has 0 atom stereocenters. The van der Waals surface area contributed by atoms with Crippen LogP contribution in [0.15, 0.2) is 35.8 Å². The first-order chi connectivity index (χ1) is 9.79. The number of thiazole rings is 1. The van der Waals surface area contributed by atoms with E-state index in [2.05, 4.69) is 10.3 Å². The Labute approximate surface area is 122 Å². The van der Waals surface area contributed by atoms with E-state index in [0.717, 1.165) is 22.7 Å². The highest BCUT2D eigenvalue weighted by atomic mass is 32.1. The summed E-state index contributed by atoms with van der Waals surface area (Å²) in [4.78, 5) is 15.9. The summed E-state index contributed by atoms with van der Waals surface area (Å²) in [5.74, 6) is 0.930. The van der Waals surface area contributed by atoms with Crippen molar-refractivity contribution in [3.63, 3.8) is 0 Å². The van der Waals surface area contributed by atoms with Gasteiger partial charge in [-0.1, -0.05) is 18.2 Å². The van der Waals surface area contributed by atoms with Gasteiger partial charge in [0.2, 0.25) is 5.91 Å².